The Morgan fingerprint density at radius 2 is 1.95 bits per heavy atom. The number of amidine groups is 1. The van der Waals surface area contributed by atoms with Gasteiger partial charge in [-0.15, -0.1) is 0 Å². The van der Waals surface area contributed by atoms with Gasteiger partial charge in [-0.1, -0.05) is 61.4 Å². The van der Waals surface area contributed by atoms with Gasteiger partial charge in [0.1, 0.15) is 0 Å². The van der Waals surface area contributed by atoms with Crippen molar-refractivity contribution in [1.29, 1.82) is 0 Å². The minimum Gasteiger partial charge on any atom is -0.359 e. The number of aryl methyl sites for hydroxylation is 1. The first kappa shape index (κ1) is 15.0. The van der Waals surface area contributed by atoms with E-state index in [0.717, 1.165) is 12.8 Å². The van der Waals surface area contributed by atoms with Crippen LogP contribution >= 0.6 is 11.8 Å². The van der Waals surface area contributed by atoms with E-state index in [1.165, 1.54) is 48.6 Å². The lowest BCUT2D eigenvalue weighted by molar-refractivity contribution is 0.303. The molecule has 1 aromatic rings. The Morgan fingerprint density at radius 3 is 2.71 bits per heavy atom. The van der Waals surface area contributed by atoms with Crippen molar-refractivity contribution in [3.8, 4) is 0 Å². The monoisotopic (exact) mass is 302 g/mol. The molecule has 0 aromatic heterocycles. The van der Waals surface area contributed by atoms with Crippen molar-refractivity contribution >= 4 is 16.9 Å². The lowest BCUT2D eigenvalue weighted by Crippen LogP contribution is -2.45. The van der Waals surface area contributed by atoms with Gasteiger partial charge in [-0.05, 0) is 38.2 Å². The molecule has 1 saturated carbocycles. The SMILES string of the molecule is CC(CCc1ccccc1)N=C1NC2(CCCCC2)CS1. The van der Waals surface area contributed by atoms with Crippen molar-refractivity contribution in [2.75, 3.05) is 5.75 Å². The van der Waals surface area contributed by atoms with Crippen molar-refractivity contribution in [2.45, 2.75) is 63.5 Å². The second kappa shape index (κ2) is 6.87. The third kappa shape index (κ3) is 4.03. The molecule has 1 N–H and O–H groups in total. The average molecular weight is 302 g/mol. The molecule has 0 bridgehead atoms. The summed E-state index contributed by atoms with van der Waals surface area (Å²) in [5, 5.41) is 4.94. The van der Waals surface area contributed by atoms with Crippen LogP contribution in [0.5, 0.6) is 0 Å². The first-order valence-electron chi connectivity index (χ1n) is 8.29. The van der Waals surface area contributed by atoms with E-state index in [2.05, 4.69) is 42.6 Å². The van der Waals surface area contributed by atoms with E-state index in [1.807, 2.05) is 11.8 Å². The summed E-state index contributed by atoms with van der Waals surface area (Å²) in [5.41, 5.74) is 1.79. The van der Waals surface area contributed by atoms with Crippen LogP contribution in [0.3, 0.4) is 0 Å². The molecular formula is C18H26N2S. The summed E-state index contributed by atoms with van der Waals surface area (Å²) in [5.74, 6) is 1.22. The van der Waals surface area contributed by atoms with Crippen LogP contribution in [0.1, 0.15) is 51.0 Å². The Morgan fingerprint density at radius 1 is 1.19 bits per heavy atom. The summed E-state index contributed by atoms with van der Waals surface area (Å²) in [7, 11) is 0. The third-order valence-electron chi connectivity index (χ3n) is 4.70. The van der Waals surface area contributed by atoms with Gasteiger partial charge in [0.2, 0.25) is 0 Å². The molecule has 1 heterocycles. The fraction of sp³-hybridized carbons (Fsp3) is 0.611. The van der Waals surface area contributed by atoms with E-state index in [0.29, 0.717) is 11.6 Å². The molecule has 3 rings (SSSR count). The molecule has 2 fully saturated rings. The van der Waals surface area contributed by atoms with Crippen LogP contribution in [0.15, 0.2) is 35.3 Å². The summed E-state index contributed by atoms with van der Waals surface area (Å²) >= 11 is 1.94. The molecular weight excluding hydrogens is 276 g/mol. The smallest absolute Gasteiger partial charge is 0.157 e. The number of hydrogen-bond acceptors (Lipinski definition) is 2. The largest absolute Gasteiger partial charge is 0.359 e. The summed E-state index contributed by atoms with van der Waals surface area (Å²) < 4.78 is 0. The van der Waals surface area contributed by atoms with Gasteiger partial charge in [-0.2, -0.15) is 0 Å². The molecule has 114 valence electrons. The van der Waals surface area contributed by atoms with Crippen LogP contribution < -0.4 is 5.32 Å². The molecule has 1 aromatic carbocycles. The Labute approximate surface area is 132 Å². The predicted octanol–water partition coefficient (Wildman–Crippen LogP) is 4.40. The Kier molecular flexibility index (Phi) is 4.89. The van der Waals surface area contributed by atoms with E-state index >= 15 is 0 Å². The fourth-order valence-electron chi connectivity index (χ4n) is 3.36. The Bertz CT molecular complexity index is 477. The maximum absolute atomic E-state index is 4.91. The van der Waals surface area contributed by atoms with Gasteiger partial charge in [-0.3, -0.25) is 4.99 Å². The van der Waals surface area contributed by atoms with E-state index in [9.17, 15) is 0 Å². The van der Waals surface area contributed by atoms with E-state index in [1.54, 1.807) is 0 Å². The van der Waals surface area contributed by atoms with Crippen molar-refractivity contribution in [3.63, 3.8) is 0 Å². The quantitative estimate of drug-likeness (QED) is 0.891. The van der Waals surface area contributed by atoms with Crippen molar-refractivity contribution < 1.29 is 0 Å². The molecule has 0 amide bonds. The number of nitrogens with one attached hydrogen (secondary N) is 1. The Balaban J connectivity index is 1.51. The second-order valence-electron chi connectivity index (χ2n) is 6.56. The molecule has 21 heavy (non-hydrogen) atoms. The van der Waals surface area contributed by atoms with Gasteiger partial charge in [0.15, 0.2) is 5.17 Å². The zero-order valence-electron chi connectivity index (χ0n) is 13.0. The highest BCUT2D eigenvalue weighted by molar-refractivity contribution is 8.14. The summed E-state index contributed by atoms with van der Waals surface area (Å²) in [6, 6.07) is 11.1. The highest BCUT2D eigenvalue weighted by atomic mass is 32.2. The number of aliphatic imine (C=N–C) groups is 1. The molecule has 1 spiro atoms. The van der Waals surface area contributed by atoms with E-state index < -0.39 is 0 Å². The Hall–Kier alpha value is -0.960. The molecule has 1 saturated heterocycles. The maximum atomic E-state index is 4.91. The normalized spacial score (nSPS) is 24.1. The lowest BCUT2D eigenvalue weighted by atomic mass is 9.83. The summed E-state index contributed by atoms with van der Waals surface area (Å²) in [4.78, 5) is 4.91. The van der Waals surface area contributed by atoms with E-state index in [-0.39, 0.29) is 0 Å². The standard InChI is InChI=1S/C18H26N2S/c1-15(10-11-16-8-4-2-5-9-16)19-17-20-18(14-21-17)12-6-3-7-13-18/h2,4-5,8-9,15H,3,6-7,10-14H2,1H3,(H,19,20). The molecule has 2 nitrogen and oxygen atoms in total. The zero-order chi connectivity index (χ0) is 14.5. The molecule has 1 atom stereocenters. The molecule has 1 unspecified atom stereocenters. The molecule has 2 aliphatic rings. The third-order valence-corrected chi connectivity index (χ3v) is 5.88. The zero-order valence-corrected chi connectivity index (χ0v) is 13.8. The van der Waals surface area contributed by atoms with Crippen molar-refractivity contribution in [2.24, 2.45) is 4.99 Å². The average Bonchev–Trinajstić information content (AvgIpc) is 2.89. The fourth-order valence-corrected chi connectivity index (χ4v) is 4.67. The molecule has 1 aliphatic heterocycles. The minimum atomic E-state index is 0.376. The van der Waals surface area contributed by atoms with Crippen LogP contribution in [-0.4, -0.2) is 22.5 Å². The summed E-state index contributed by atoms with van der Waals surface area (Å²) in [6.07, 6.45) is 9.08. The highest BCUT2D eigenvalue weighted by Gasteiger charge is 2.38. The lowest BCUT2D eigenvalue weighted by Gasteiger charge is -2.32. The molecule has 0 radical (unpaired) electrons. The van der Waals surface area contributed by atoms with Crippen LogP contribution in [-0.2, 0) is 6.42 Å². The van der Waals surface area contributed by atoms with Gasteiger partial charge >= 0.3 is 0 Å². The van der Waals surface area contributed by atoms with Gasteiger partial charge in [0.25, 0.3) is 0 Å². The number of benzene rings is 1. The van der Waals surface area contributed by atoms with Gasteiger partial charge < -0.3 is 5.32 Å². The first-order chi connectivity index (χ1) is 10.3. The predicted molar refractivity (Wildman–Crippen MR) is 93.1 cm³/mol. The van der Waals surface area contributed by atoms with Gasteiger partial charge in [0.05, 0.1) is 6.04 Å². The number of rotatable bonds is 4. The van der Waals surface area contributed by atoms with Crippen molar-refractivity contribution in [1.82, 2.24) is 5.32 Å². The first-order valence-corrected chi connectivity index (χ1v) is 9.27. The number of nitrogens with zero attached hydrogens (tertiary/aromatic N) is 1. The second-order valence-corrected chi connectivity index (χ2v) is 7.53. The number of thioether (sulfide) groups is 1. The maximum Gasteiger partial charge on any atom is 0.157 e. The molecule has 3 heteroatoms. The van der Waals surface area contributed by atoms with Crippen LogP contribution in [0.25, 0.3) is 0 Å². The van der Waals surface area contributed by atoms with Gasteiger partial charge in [-0.25, -0.2) is 0 Å². The topological polar surface area (TPSA) is 24.4 Å². The minimum absolute atomic E-state index is 0.376. The van der Waals surface area contributed by atoms with Crippen LogP contribution in [0.2, 0.25) is 0 Å². The molecule has 1 aliphatic carbocycles. The van der Waals surface area contributed by atoms with E-state index in [4.69, 9.17) is 4.99 Å². The van der Waals surface area contributed by atoms with Crippen molar-refractivity contribution in [3.05, 3.63) is 35.9 Å². The van der Waals surface area contributed by atoms with Crippen LogP contribution in [0, 0.1) is 0 Å². The number of hydrogen-bond donors (Lipinski definition) is 1. The summed E-state index contributed by atoms with van der Waals surface area (Å²) in [6.45, 7) is 2.24. The highest BCUT2D eigenvalue weighted by Crippen LogP contribution is 2.36. The van der Waals surface area contributed by atoms with Crippen LogP contribution in [0.4, 0.5) is 0 Å². The van der Waals surface area contributed by atoms with Gasteiger partial charge in [0, 0.05) is 11.3 Å².